The number of hydroxylamine groups is 2. The molecule has 0 aliphatic carbocycles. The Morgan fingerprint density at radius 2 is 2.67 bits per heavy atom. The van der Waals surface area contributed by atoms with Gasteiger partial charge in [-0.05, 0) is 18.9 Å². The van der Waals surface area contributed by atoms with Crippen LogP contribution in [0.3, 0.4) is 0 Å². The molecule has 1 saturated heterocycles. The summed E-state index contributed by atoms with van der Waals surface area (Å²) in [6, 6.07) is 0. The number of carboxylic acids is 1. The number of rotatable bonds is 1. The number of fused-ring (bicyclic) bond motifs is 1. The first-order valence-electron chi connectivity index (χ1n) is 3.91. The summed E-state index contributed by atoms with van der Waals surface area (Å²) < 4.78 is 0. The van der Waals surface area contributed by atoms with Gasteiger partial charge in [0.1, 0.15) is 5.82 Å². The fourth-order valence-corrected chi connectivity index (χ4v) is 1.33. The van der Waals surface area contributed by atoms with E-state index < -0.39 is 12.2 Å². The molecule has 0 saturated carbocycles. The predicted octanol–water partition coefficient (Wildman–Crippen LogP) is -0.131. The zero-order valence-corrected chi connectivity index (χ0v) is 6.49. The number of nitrogens with one attached hydrogen (secondary N) is 1. The molecule has 66 valence electrons. The highest BCUT2D eigenvalue weighted by molar-refractivity contribution is 5.72. The van der Waals surface area contributed by atoms with Crippen LogP contribution >= 0.6 is 0 Å². The van der Waals surface area contributed by atoms with Crippen LogP contribution in [-0.4, -0.2) is 28.9 Å². The highest BCUT2D eigenvalue weighted by Crippen LogP contribution is 2.19. The molecule has 1 atom stereocenters. The third-order valence-electron chi connectivity index (χ3n) is 1.91. The van der Waals surface area contributed by atoms with Gasteiger partial charge in [0, 0.05) is 6.54 Å². The lowest BCUT2D eigenvalue weighted by Gasteiger charge is -2.19. The number of aliphatic carboxylic acids is 1. The molecule has 1 unspecified atom stereocenters. The smallest absolute Gasteiger partial charge is 0.356 e. The molecule has 2 rings (SSSR count). The van der Waals surface area contributed by atoms with Crippen molar-refractivity contribution in [2.45, 2.75) is 19.1 Å². The second-order valence-electron chi connectivity index (χ2n) is 2.80. The topological polar surface area (TPSA) is 61.8 Å². The van der Waals surface area contributed by atoms with E-state index in [9.17, 15) is 4.79 Å². The van der Waals surface area contributed by atoms with E-state index in [4.69, 9.17) is 9.94 Å². The molecule has 5 heteroatoms. The normalized spacial score (nSPS) is 27.5. The average molecular weight is 170 g/mol. The summed E-state index contributed by atoms with van der Waals surface area (Å²) in [7, 11) is 0. The van der Waals surface area contributed by atoms with Crippen LogP contribution < -0.4 is 5.32 Å². The van der Waals surface area contributed by atoms with Crippen LogP contribution in [0.25, 0.3) is 0 Å². The maximum atomic E-state index is 10.5. The zero-order chi connectivity index (χ0) is 8.55. The van der Waals surface area contributed by atoms with E-state index in [0.717, 1.165) is 25.2 Å². The van der Waals surface area contributed by atoms with Gasteiger partial charge in [-0.1, -0.05) is 0 Å². The molecule has 0 radical (unpaired) electrons. The first kappa shape index (κ1) is 7.42. The van der Waals surface area contributed by atoms with Crippen LogP contribution in [0.4, 0.5) is 0 Å². The first-order chi connectivity index (χ1) is 5.77. The van der Waals surface area contributed by atoms with E-state index in [1.54, 1.807) is 5.06 Å². The van der Waals surface area contributed by atoms with Gasteiger partial charge in [-0.2, -0.15) is 0 Å². The SMILES string of the molecule is O=C(O)C1NC2=CCCCN2O1. The van der Waals surface area contributed by atoms with Crippen molar-refractivity contribution in [3.63, 3.8) is 0 Å². The van der Waals surface area contributed by atoms with Crippen molar-refractivity contribution in [3.05, 3.63) is 11.9 Å². The number of carbonyl (C=O) groups is 1. The lowest BCUT2D eigenvalue weighted by Crippen LogP contribution is -2.30. The van der Waals surface area contributed by atoms with Crippen LogP contribution in [0.2, 0.25) is 0 Å². The van der Waals surface area contributed by atoms with E-state index in [1.165, 1.54) is 0 Å². The van der Waals surface area contributed by atoms with E-state index in [0.29, 0.717) is 0 Å². The molecule has 0 spiro atoms. The van der Waals surface area contributed by atoms with Crippen LogP contribution in [0.1, 0.15) is 12.8 Å². The fourth-order valence-electron chi connectivity index (χ4n) is 1.33. The Hall–Kier alpha value is -1.23. The molecule has 2 heterocycles. The number of hydrogen-bond acceptors (Lipinski definition) is 4. The van der Waals surface area contributed by atoms with Crippen LogP contribution in [0.5, 0.6) is 0 Å². The van der Waals surface area contributed by atoms with Crippen molar-refractivity contribution >= 4 is 5.97 Å². The second-order valence-corrected chi connectivity index (χ2v) is 2.80. The molecule has 0 aromatic heterocycles. The molecule has 0 amide bonds. The van der Waals surface area contributed by atoms with Gasteiger partial charge < -0.3 is 10.4 Å². The molecule has 5 nitrogen and oxygen atoms in total. The summed E-state index contributed by atoms with van der Waals surface area (Å²) in [5.74, 6) is -0.195. The third-order valence-corrected chi connectivity index (χ3v) is 1.91. The molecule has 2 aliphatic heterocycles. The Morgan fingerprint density at radius 1 is 1.83 bits per heavy atom. The van der Waals surface area contributed by atoms with Crippen molar-refractivity contribution in [1.82, 2.24) is 10.4 Å². The van der Waals surface area contributed by atoms with Crippen LogP contribution in [0, 0.1) is 0 Å². The summed E-state index contributed by atoms with van der Waals surface area (Å²) in [4.78, 5) is 15.6. The van der Waals surface area contributed by atoms with Gasteiger partial charge in [0.15, 0.2) is 0 Å². The van der Waals surface area contributed by atoms with E-state index in [-0.39, 0.29) is 0 Å². The predicted molar refractivity (Wildman–Crippen MR) is 39.7 cm³/mol. The molecular formula is C7H10N2O3. The highest BCUT2D eigenvalue weighted by atomic mass is 16.7. The molecular weight excluding hydrogens is 160 g/mol. The van der Waals surface area contributed by atoms with Crippen molar-refractivity contribution in [3.8, 4) is 0 Å². The monoisotopic (exact) mass is 170 g/mol. The number of allylic oxidation sites excluding steroid dienone is 1. The molecule has 12 heavy (non-hydrogen) atoms. The summed E-state index contributed by atoms with van der Waals surface area (Å²) in [5.41, 5.74) is 0. The number of carboxylic acid groups (broad SMARTS) is 1. The Morgan fingerprint density at radius 3 is 3.33 bits per heavy atom. The van der Waals surface area contributed by atoms with Gasteiger partial charge in [-0.15, -0.1) is 0 Å². The minimum Gasteiger partial charge on any atom is -0.478 e. The minimum absolute atomic E-state index is 0.766. The van der Waals surface area contributed by atoms with Gasteiger partial charge in [0.05, 0.1) is 0 Å². The Balaban J connectivity index is 2.09. The summed E-state index contributed by atoms with van der Waals surface area (Å²) >= 11 is 0. The van der Waals surface area contributed by atoms with Gasteiger partial charge >= 0.3 is 5.97 Å². The standard InChI is InChI=1S/C7H10N2O3/c10-7(11)6-8-5-3-1-2-4-9(5)12-6/h3,6,8H,1-2,4H2,(H,10,11). The Bertz CT molecular complexity index is 239. The van der Waals surface area contributed by atoms with Crippen LogP contribution in [0.15, 0.2) is 11.9 Å². The minimum atomic E-state index is -0.981. The van der Waals surface area contributed by atoms with Gasteiger partial charge in [0.2, 0.25) is 0 Å². The summed E-state index contributed by atoms with van der Waals surface area (Å²) in [6.07, 6.45) is 3.03. The number of nitrogens with zero attached hydrogens (tertiary/aromatic N) is 1. The summed E-state index contributed by atoms with van der Waals surface area (Å²) in [6.45, 7) is 0.766. The zero-order valence-electron chi connectivity index (χ0n) is 6.49. The van der Waals surface area contributed by atoms with Crippen molar-refractivity contribution in [2.24, 2.45) is 0 Å². The third kappa shape index (κ3) is 1.12. The number of hydrogen-bond donors (Lipinski definition) is 2. The fraction of sp³-hybridized carbons (Fsp3) is 0.571. The molecule has 2 N–H and O–H groups in total. The molecule has 0 aromatic rings. The Labute approximate surface area is 69.6 Å². The second kappa shape index (κ2) is 2.67. The van der Waals surface area contributed by atoms with E-state index >= 15 is 0 Å². The van der Waals surface area contributed by atoms with E-state index in [2.05, 4.69) is 5.32 Å². The van der Waals surface area contributed by atoms with Crippen molar-refractivity contribution < 1.29 is 14.7 Å². The van der Waals surface area contributed by atoms with E-state index in [1.807, 2.05) is 6.08 Å². The van der Waals surface area contributed by atoms with Gasteiger partial charge in [-0.3, -0.25) is 0 Å². The lowest BCUT2D eigenvalue weighted by atomic mass is 10.2. The Kier molecular flexibility index (Phi) is 1.65. The quantitative estimate of drug-likeness (QED) is 0.574. The largest absolute Gasteiger partial charge is 0.478 e. The molecule has 0 bridgehead atoms. The molecule has 1 fully saturated rings. The lowest BCUT2D eigenvalue weighted by molar-refractivity contribution is -0.175. The maximum absolute atomic E-state index is 10.5. The average Bonchev–Trinajstić information content (AvgIpc) is 2.46. The van der Waals surface area contributed by atoms with Gasteiger partial charge in [-0.25, -0.2) is 14.7 Å². The summed E-state index contributed by atoms with van der Waals surface area (Å²) in [5, 5.41) is 13.0. The molecule has 0 aromatic carbocycles. The van der Waals surface area contributed by atoms with Crippen molar-refractivity contribution in [1.29, 1.82) is 0 Å². The molecule has 2 aliphatic rings. The van der Waals surface area contributed by atoms with Gasteiger partial charge in [0.25, 0.3) is 6.23 Å². The first-order valence-corrected chi connectivity index (χ1v) is 3.91. The highest BCUT2D eigenvalue weighted by Gasteiger charge is 2.32. The van der Waals surface area contributed by atoms with Crippen molar-refractivity contribution in [2.75, 3.05) is 6.54 Å². The van der Waals surface area contributed by atoms with Crippen LogP contribution in [-0.2, 0) is 9.63 Å². The maximum Gasteiger partial charge on any atom is 0.356 e.